The van der Waals surface area contributed by atoms with Crippen molar-refractivity contribution in [2.75, 3.05) is 18.5 Å². The predicted molar refractivity (Wildman–Crippen MR) is 74.5 cm³/mol. The molecule has 7 heteroatoms. The summed E-state index contributed by atoms with van der Waals surface area (Å²) in [5.41, 5.74) is 2.58. The number of carbonyl (C=O) groups is 1. The molecule has 0 aliphatic carbocycles. The highest BCUT2D eigenvalue weighted by atomic mass is 32.1. The fourth-order valence-corrected chi connectivity index (χ4v) is 3.76. The molecule has 6 nitrogen and oxygen atoms in total. The van der Waals surface area contributed by atoms with Crippen molar-refractivity contribution in [3.63, 3.8) is 0 Å². The zero-order chi connectivity index (χ0) is 13.2. The topological polar surface area (TPSA) is 83.3 Å². The van der Waals surface area contributed by atoms with Crippen LogP contribution in [0.25, 0.3) is 0 Å². The molecule has 2 fully saturated rings. The largest absolute Gasteiger partial charge is 0.353 e. The summed E-state index contributed by atoms with van der Waals surface area (Å²) in [6, 6.07) is 0.389. The van der Waals surface area contributed by atoms with Gasteiger partial charge in [0, 0.05) is 43.2 Å². The average molecular weight is 281 g/mol. The van der Waals surface area contributed by atoms with Crippen LogP contribution in [0.1, 0.15) is 24.1 Å². The molecule has 0 aromatic carbocycles. The molecule has 2 unspecified atom stereocenters. The van der Waals surface area contributed by atoms with Crippen molar-refractivity contribution in [3.05, 3.63) is 11.1 Å². The minimum Gasteiger partial charge on any atom is -0.353 e. The van der Waals surface area contributed by atoms with Crippen molar-refractivity contribution in [1.29, 1.82) is 0 Å². The summed E-state index contributed by atoms with van der Waals surface area (Å²) in [5, 5.41) is 3.87. The van der Waals surface area contributed by atoms with E-state index in [1.54, 1.807) is 11.3 Å². The molecule has 2 atom stereocenters. The smallest absolute Gasteiger partial charge is 0.220 e. The minimum absolute atomic E-state index is 0.218. The number of fused-ring (bicyclic) bond motifs is 1. The third-order valence-corrected chi connectivity index (χ3v) is 4.88. The second-order valence-corrected chi connectivity index (χ2v) is 6.39. The van der Waals surface area contributed by atoms with Crippen LogP contribution in [0.4, 0.5) is 5.13 Å². The Bertz CT molecular complexity index is 463. The number of thiazole rings is 1. The number of nitrogens with one attached hydrogen (secondary N) is 2. The maximum atomic E-state index is 11.4. The summed E-state index contributed by atoms with van der Waals surface area (Å²) in [7, 11) is 0. The first kappa shape index (κ1) is 12.8. The Balaban J connectivity index is 1.57. The quantitative estimate of drug-likeness (QED) is 0.556. The second kappa shape index (κ2) is 5.44. The molecular weight excluding hydrogens is 262 g/mol. The van der Waals surface area contributed by atoms with Gasteiger partial charge in [-0.25, -0.2) is 10.8 Å². The van der Waals surface area contributed by atoms with E-state index in [0.717, 1.165) is 37.6 Å². The Labute approximate surface area is 116 Å². The standard InChI is InChI=1S/C12H19N5OS/c13-16-12-14-5-9(19-12)7-17-4-3-10-8(6-17)1-2-11(18)15-10/h5,8,10H,1-4,6-7,13H2,(H,14,16)(H,15,18). The van der Waals surface area contributed by atoms with Crippen LogP contribution in [0.3, 0.4) is 0 Å². The summed E-state index contributed by atoms with van der Waals surface area (Å²) in [4.78, 5) is 19.2. The lowest BCUT2D eigenvalue weighted by molar-refractivity contribution is -0.125. The summed E-state index contributed by atoms with van der Waals surface area (Å²) < 4.78 is 0. The molecule has 0 radical (unpaired) electrons. The lowest BCUT2D eigenvalue weighted by Gasteiger charge is -2.41. The van der Waals surface area contributed by atoms with Crippen LogP contribution < -0.4 is 16.6 Å². The zero-order valence-electron chi connectivity index (χ0n) is 10.8. The highest BCUT2D eigenvalue weighted by molar-refractivity contribution is 7.15. The van der Waals surface area contributed by atoms with Crippen LogP contribution in [0.15, 0.2) is 6.20 Å². The van der Waals surface area contributed by atoms with Crippen molar-refractivity contribution >= 4 is 22.4 Å². The summed E-state index contributed by atoms with van der Waals surface area (Å²) in [6.45, 7) is 3.02. The number of carbonyl (C=O) groups excluding carboxylic acids is 1. The zero-order valence-corrected chi connectivity index (χ0v) is 11.6. The molecule has 104 valence electrons. The number of hydrazine groups is 1. The molecule has 3 rings (SSSR count). The van der Waals surface area contributed by atoms with Gasteiger partial charge in [0.05, 0.1) is 0 Å². The summed E-state index contributed by atoms with van der Waals surface area (Å²) >= 11 is 1.60. The molecule has 4 N–H and O–H groups in total. The number of rotatable bonds is 3. The molecule has 0 saturated carbocycles. The van der Waals surface area contributed by atoms with E-state index in [-0.39, 0.29) is 5.91 Å². The minimum atomic E-state index is 0.218. The molecule has 3 heterocycles. The summed E-state index contributed by atoms with van der Waals surface area (Å²) in [6.07, 6.45) is 4.63. The molecule has 2 aliphatic heterocycles. The Morgan fingerprint density at radius 2 is 2.47 bits per heavy atom. The van der Waals surface area contributed by atoms with Crippen LogP contribution in [0.2, 0.25) is 0 Å². The Morgan fingerprint density at radius 3 is 3.26 bits per heavy atom. The molecule has 19 heavy (non-hydrogen) atoms. The van der Waals surface area contributed by atoms with Gasteiger partial charge in [0.25, 0.3) is 0 Å². The number of hydrogen-bond acceptors (Lipinski definition) is 6. The van der Waals surface area contributed by atoms with Crippen LogP contribution >= 0.6 is 11.3 Å². The molecule has 2 saturated heterocycles. The first-order chi connectivity index (χ1) is 9.24. The van der Waals surface area contributed by atoms with E-state index in [9.17, 15) is 4.79 Å². The number of hydrogen-bond donors (Lipinski definition) is 3. The van der Waals surface area contributed by atoms with Gasteiger partial charge >= 0.3 is 0 Å². The lowest BCUT2D eigenvalue weighted by Crippen LogP contribution is -2.53. The highest BCUT2D eigenvalue weighted by Gasteiger charge is 2.33. The van der Waals surface area contributed by atoms with Gasteiger partial charge in [0.1, 0.15) is 0 Å². The van der Waals surface area contributed by atoms with E-state index >= 15 is 0 Å². The van der Waals surface area contributed by atoms with Crippen molar-refractivity contribution in [1.82, 2.24) is 15.2 Å². The van der Waals surface area contributed by atoms with E-state index in [0.29, 0.717) is 18.4 Å². The molecule has 1 aromatic heterocycles. The third kappa shape index (κ3) is 2.88. The number of likely N-dealkylation sites (tertiary alicyclic amines) is 1. The number of nitrogen functional groups attached to an aromatic ring is 1. The Kier molecular flexibility index (Phi) is 3.67. The number of aromatic nitrogens is 1. The summed E-state index contributed by atoms with van der Waals surface area (Å²) in [5.74, 6) is 6.16. The van der Waals surface area contributed by atoms with E-state index in [1.165, 1.54) is 4.88 Å². The Morgan fingerprint density at radius 1 is 1.58 bits per heavy atom. The van der Waals surface area contributed by atoms with Gasteiger partial charge in [-0.05, 0) is 18.8 Å². The van der Waals surface area contributed by atoms with Crippen LogP contribution in [0, 0.1) is 5.92 Å². The first-order valence-corrected chi connectivity index (χ1v) is 7.49. The van der Waals surface area contributed by atoms with Gasteiger partial charge in [-0.3, -0.25) is 15.1 Å². The number of piperidine rings is 2. The van der Waals surface area contributed by atoms with Gasteiger partial charge in [-0.2, -0.15) is 0 Å². The molecule has 1 amide bonds. The fraction of sp³-hybridized carbons (Fsp3) is 0.667. The molecule has 1 aromatic rings. The first-order valence-electron chi connectivity index (χ1n) is 6.67. The third-order valence-electron chi connectivity index (χ3n) is 3.96. The van der Waals surface area contributed by atoms with Gasteiger partial charge in [0.15, 0.2) is 5.13 Å². The van der Waals surface area contributed by atoms with Crippen LogP contribution in [0.5, 0.6) is 0 Å². The van der Waals surface area contributed by atoms with Crippen molar-refractivity contribution in [3.8, 4) is 0 Å². The van der Waals surface area contributed by atoms with Gasteiger partial charge in [-0.15, -0.1) is 0 Å². The second-order valence-electron chi connectivity index (χ2n) is 5.27. The van der Waals surface area contributed by atoms with Crippen molar-refractivity contribution in [2.45, 2.75) is 31.8 Å². The van der Waals surface area contributed by atoms with Crippen molar-refractivity contribution in [2.24, 2.45) is 11.8 Å². The van der Waals surface area contributed by atoms with Gasteiger partial charge in [-0.1, -0.05) is 11.3 Å². The predicted octanol–water partition coefficient (Wildman–Crippen LogP) is 0.529. The van der Waals surface area contributed by atoms with E-state index < -0.39 is 0 Å². The monoisotopic (exact) mass is 281 g/mol. The van der Waals surface area contributed by atoms with Crippen molar-refractivity contribution < 1.29 is 4.79 Å². The van der Waals surface area contributed by atoms with E-state index in [2.05, 4.69) is 20.6 Å². The lowest BCUT2D eigenvalue weighted by atomic mass is 9.85. The maximum absolute atomic E-state index is 11.4. The van der Waals surface area contributed by atoms with E-state index in [4.69, 9.17) is 5.84 Å². The molecule has 0 bridgehead atoms. The van der Waals surface area contributed by atoms with Crippen LogP contribution in [-0.4, -0.2) is 34.9 Å². The van der Waals surface area contributed by atoms with Gasteiger partial charge in [0.2, 0.25) is 5.91 Å². The number of nitrogens with zero attached hydrogens (tertiary/aromatic N) is 2. The number of nitrogens with two attached hydrogens (primary N) is 1. The molecule has 2 aliphatic rings. The fourth-order valence-electron chi connectivity index (χ4n) is 3.00. The molecular formula is C12H19N5OS. The molecule has 0 spiro atoms. The maximum Gasteiger partial charge on any atom is 0.220 e. The van der Waals surface area contributed by atoms with E-state index in [1.807, 2.05) is 6.20 Å². The SMILES string of the molecule is NNc1ncc(CN2CCC3NC(=O)CCC3C2)s1. The average Bonchev–Trinajstić information content (AvgIpc) is 2.86. The Hall–Kier alpha value is -1.18. The number of anilines is 1. The highest BCUT2D eigenvalue weighted by Crippen LogP contribution is 2.27. The normalized spacial score (nSPS) is 27.7. The van der Waals surface area contributed by atoms with Crippen LogP contribution in [-0.2, 0) is 11.3 Å². The number of amides is 1. The van der Waals surface area contributed by atoms with Gasteiger partial charge < -0.3 is 5.32 Å².